The van der Waals surface area contributed by atoms with Crippen molar-refractivity contribution in [3.05, 3.63) is 59.7 Å². The molecule has 0 heterocycles. The van der Waals surface area contributed by atoms with E-state index >= 15 is 0 Å². The molecule has 0 aliphatic rings. The zero-order valence-electron chi connectivity index (χ0n) is 46.5. The number of rotatable bonds is 50. The molecule has 0 saturated heterocycles. The molecule has 71 heavy (non-hydrogen) atoms. The molecule has 2 aromatic carbocycles. The van der Waals surface area contributed by atoms with E-state index in [1.807, 2.05) is 12.1 Å². The van der Waals surface area contributed by atoms with Gasteiger partial charge in [-0.15, -0.1) is 0 Å². The Labute approximate surface area is 457 Å². The van der Waals surface area contributed by atoms with Crippen LogP contribution in [0.1, 0.15) is 320 Å². The van der Waals surface area contributed by atoms with Crippen LogP contribution in [0.5, 0.6) is 0 Å². The van der Waals surface area contributed by atoms with Gasteiger partial charge in [0.05, 0.1) is 9.79 Å². The normalized spacial score (nSPS) is 11.7. The Morgan fingerprint density at radius 2 is 0.451 bits per heavy atom. The van der Waals surface area contributed by atoms with Crippen LogP contribution in [0.4, 0.5) is 0 Å². The predicted octanol–water partition coefficient (Wildman–Crippen LogP) is 19.9. The van der Waals surface area contributed by atoms with Gasteiger partial charge in [-0.05, 0) is 61.1 Å². The van der Waals surface area contributed by atoms with Gasteiger partial charge in [-0.1, -0.05) is 321 Å². The minimum absolute atomic E-state index is 0. The maximum atomic E-state index is 11.1. The predicted molar refractivity (Wildman–Crippen MR) is 306 cm³/mol. The van der Waals surface area contributed by atoms with Gasteiger partial charge in [0.15, 0.2) is 0 Å². The Kier molecular flexibility index (Phi) is 50.4. The first kappa shape index (κ1) is 70.0. The van der Waals surface area contributed by atoms with Crippen molar-refractivity contribution >= 4 is 43.3 Å². The third-order valence-electron chi connectivity index (χ3n) is 14.5. The second kappa shape index (κ2) is 51.1. The Hall–Kier alpha value is -0.974. The molecule has 9 heteroatoms. The molecule has 0 atom stereocenters. The van der Waals surface area contributed by atoms with Gasteiger partial charge < -0.3 is 9.11 Å². The number of hydrogen-bond donors (Lipinski definition) is 0. The third kappa shape index (κ3) is 47.2. The zero-order chi connectivity index (χ0) is 50.9. The van der Waals surface area contributed by atoms with Crippen LogP contribution in [-0.2, 0) is 33.1 Å². The molecule has 6 nitrogen and oxygen atoms in total. The standard InChI is InChI=1S/2C31H56O3S.Mg/c2*1-2-3-4-5-6-7-8-9-10-11-12-13-14-15-16-17-18-19-20-21-22-23-24-26-30-27-25-28-31(29-30)35(32,33)34;/h2*25,27-29H,2-24,26H2,1H3,(H,32,33,34);/q;;+2/p-2. The van der Waals surface area contributed by atoms with Crippen molar-refractivity contribution in [1.82, 2.24) is 0 Å². The summed E-state index contributed by atoms with van der Waals surface area (Å²) < 4.78 is 66.6. The minimum Gasteiger partial charge on any atom is -0.744 e. The number of hydrogen-bond acceptors (Lipinski definition) is 6. The van der Waals surface area contributed by atoms with Crippen molar-refractivity contribution < 1.29 is 25.9 Å². The fourth-order valence-corrected chi connectivity index (χ4v) is 11.0. The summed E-state index contributed by atoms with van der Waals surface area (Å²) in [5, 5.41) is 0. The van der Waals surface area contributed by atoms with Crippen molar-refractivity contribution in [2.45, 2.75) is 332 Å². The van der Waals surface area contributed by atoms with Gasteiger partial charge in [0.25, 0.3) is 0 Å². The zero-order valence-corrected chi connectivity index (χ0v) is 49.6. The van der Waals surface area contributed by atoms with Crippen molar-refractivity contribution in [1.29, 1.82) is 0 Å². The van der Waals surface area contributed by atoms with Crippen molar-refractivity contribution in [3.8, 4) is 0 Å². The molecular formula is C62H110MgO6S2. The van der Waals surface area contributed by atoms with Crippen LogP contribution in [0.15, 0.2) is 58.3 Å². The number of unbranched alkanes of at least 4 members (excludes halogenated alkanes) is 44. The second-order valence-electron chi connectivity index (χ2n) is 21.3. The van der Waals surface area contributed by atoms with Crippen LogP contribution in [-0.4, -0.2) is 49.0 Å². The fourth-order valence-electron chi connectivity index (χ4n) is 9.94. The first-order valence-electron chi connectivity index (χ1n) is 30.2. The summed E-state index contributed by atoms with van der Waals surface area (Å²) in [5.41, 5.74) is 1.90. The van der Waals surface area contributed by atoms with Gasteiger partial charge in [0.1, 0.15) is 20.2 Å². The quantitative estimate of drug-likeness (QED) is 0.0370. The Morgan fingerprint density at radius 1 is 0.282 bits per heavy atom. The molecule has 0 amide bonds. The van der Waals surface area contributed by atoms with Crippen LogP contribution in [0.2, 0.25) is 0 Å². The van der Waals surface area contributed by atoms with Gasteiger partial charge in [-0.2, -0.15) is 0 Å². The summed E-state index contributed by atoms with van der Waals surface area (Å²) in [7, 11) is -8.68. The summed E-state index contributed by atoms with van der Waals surface area (Å²) in [6, 6.07) is 13.0. The Morgan fingerprint density at radius 3 is 0.620 bits per heavy atom. The van der Waals surface area contributed by atoms with E-state index < -0.39 is 20.2 Å². The number of benzene rings is 2. The molecule has 2 aromatic rings. The maximum Gasteiger partial charge on any atom is 2.00 e. The van der Waals surface area contributed by atoms with E-state index in [0.717, 1.165) is 36.8 Å². The Bertz CT molecular complexity index is 1530. The molecular weight excluding hydrogens is 929 g/mol. The fraction of sp³-hybridized carbons (Fsp3) is 0.806. The molecule has 0 aromatic heterocycles. The Balaban J connectivity index is 0.00000136. The first-order chi connectivity index (χ1) is 34.1. The van der Waals surface area contributed by atoms with Crippen molar-refractivity contribution in [3.63, 3.8) is 0 Å². The molecule has 0 fully saturated rings. The first-order valence-corrected chi connectivity index (χ1v) is 33.0. The van der Waals surface area contributed by atoms with Crippen LogP contribution in [0.3, 0.4) is 0 Å². The molecule has 0 aliphatic heterocycles. The van der Waals surface area contributed by atoms with Crippen LogP contribution in [0, 0.1) is 0 Å². The van der Waals surface area contributed by atoms with Crippen LogP contribution < -0.4 is 0 Å². The summed E-state index contributed by atoms with van der Waals surface area (Å²) in [5.74, 6) is 0. The van der Waals surface area contributed by atoms with Gasteiger partial charge in [0.2, 0.25) is 0 Å². The van der Waals surface area contributed by atoms with Gasteiger partial charge in [-0.25, -0.2) is 16.8 Å². The van der Waals surface area contributed by atoms with E-state index in [2.05, 4.69) is 13.8 Å². The van der Waals surface area contributed by atoms with E-state index in [1.165, 1.54) is 307 Å². The van der Waals surface area contributed by atoms with Gasteiger partial charge in [-0.3, -0.25) is 0 Å². The monoisotopic (exact) mass is 1040 g/mol. The molecule has 408 valence electrons. The van der Waals surface area contributed by atoms with Gasteiger partial charge >= 0.3 is 23.1 Å². The summed E-state index contributed by atoms with van der Waals surface area (Å²) in [6.07, 6.45) is 65.3. The van der Waals surface area contributed by atoms with Crippen molar-refractivity contribution in [2.24, 2.45) is 0 Å². The minimum atomic E-state index is -4.34. The molecule has 0 saturated carbocycles. The molecule has 0 spiro atoms. The van der Waals surface area contributed by atoms with E-state index in [-0.39, 0.29) is 32.8 Å². The van der Waals surface area contributed by atoms with Crippen LogP contribution in [0.25, 0.3) is 0 Å². The summed E-state index contributed by atoms with van der Waals surface area (Å²) >= 11 is 0. The van der Waals surface area contributed by atoms with Crippen molar-refractivity contribution in [2.75, 3.05) is 0 Å². The molecule has 0 unspecified atom stereocenters. The third-order valence-corrected chi connectivity index (χ3v) is 16.2. The topological polar surface area (TPSA) is 114 Å². The average Bonchev–Trinajstić information content (AvgIpc) is 3.34. The SMILES string of the molecule is CCCCCCCCCCCCCCCCCCCCCCCCCc1cccc(S(=O)(=O)[O-])c1.CCCCCCCCCCCCCCCCCCCCCCCCCc1cccc(S(=O)(=O)[O-])c1.[Mg+2]. The molecule has 2 rings (SSSR count). The number of aryl methyl sites for hydroxylation is 2. The second-order valence-corrected chi connectivity index (χ2v) is 24.0. The van der Waals surface area contributed by atoms with Gasteiger partial charge in [0, 0.05) is 0 Å². The van der Waals surface area contributed by atoms with E-state index in [0.29, 0.717) is 0 Å². The molecule has 0 aliphatic carbocycles. The molecule has 0 bridgehead atoms. The van der Waals surface area contributed by atoms with E-state index in [9.17, 15) is 25.9 Å². The van der Waals surface area contributed by atoms with E-state index in [1.54, 1.807) is 12.1 Å². The summed E-state index contributed by atoms with van der Waals surface area (Å²) in [6.45, 7) is 4.58. The smallest absolute Gasteiger partial charge is 0.744 e. The van der Waals surface area contributed by atoms with Crippen LogP contribution >= 0.6 is 0 Å². The molecule has 0 N–H and O–H groups in total. The van der Waals surface area contributed by atoms with E-state index in [4.69, 9.17) is 0 Å². The molecule has 0 radical (unpaired) electrons. The average molecular weight is 1040 g/mol. The summed E-state index contributed by atoms with van der Waals surface area (Å²) in [4.78, 5) is -0.215. The maximum absolute atomic E-state index is 11.1. The largest absolute Gasteiger partial charge is 2.00 e.